The molecule has 2 nitrogen and oxygen atoms in total. The molecule has 3 heteroatoms. The molecule has 0 fully saturated rings. The maximum atomic E-state index is 6.61. The van der Waals surface area contributed by atoms with Gasteiger partial charge in [-0.1, -0.05) is 54.1 Å². The molecule has 2 aromatic rings. The maximum absolute atomic E-state index is 6.61. The summed E-state index contributed by atoms with van der Waals surface area (Å²) in [6.45, 7) is 4.45. The minimum absolute atomic E-state index is 0.370. The molecule has 0 radical (unpaired) electrons. The summed E-state index contributed by atoms with van der Waals surface area (Å²) in [7, 11) is 2.11. The van der Waals surface area contributed by atoms with E-state index in [1.807, 2.05) is 12.1 Å². The average Bonchev–Trinajstić information content (AvgIpc) is 2.58. The molecular formula is C21H20BrNO. The Balaban J connectivity index is 1.91. The monoisotopic (exact) mass is 381 g/mol. The van der Waals surface area contributed by atoms with Crippen molar-refractivity contribution >= 4 is 33.8 Å². The highest BCUT2D eigenvalue weighted by molar-refractivity contribution is 9.10. The summed E-state index contributed by atoms with van der Waals surface area (Å²) in [5.41, 5.74) is 4.23. The Labute approximate surface area is 151 Å². The highest BCUT2D eigenvalue weighted by atomic mass is 79.9. The number of halogens is 1. The molecule has 1 spiro atoms. The third-order valence-electron chi connectivity index (χ3n) is 4.87. The first-order chi connectivity index (χ1) is 11.5. The number of para-hydroxylation sites is 1. The Bertz CT molecular complexity index is 868. The van der Waals surface area contributed by atoms with Gasteiger partial charge in [0, 0.05) is 28.3 Å². The van der Waals surface area contributed by atoms with E-state index in [2.05, 4.69) is 90.3 Å². The van der Waals surface area contributed by atoms with Crippen molar-refractivity contribution in [3.8, 4) is 5.75 Å². The summed E-state index contributed by atoms with van der Waals surface area (Å²) in [5, 5.41) is 0. The summed E-state index contributed by atoms with van der Waals surface area (Å²) in [6.07, 6.45) is 6.64. The molecule has 0 aliphatic carbocycles. The lowest BCUT2D eigenvalue weighted by Gasteiger charge is -2.48. The minimum Gasteiger partial charge on any atom is -0.460 e. The molecule has 2 aromatic carbocycles. The molecule has 0 N–H and O–H groups in total. The largest absolute Gasteiger partial charge is 0.460 e. The number of likely N-dealkylation sites (N-methyl/N-ethyl adjacent to an activating group) is 1. The van der Waals surface area contributed by atoms with Crippen LogP contribution >= 0.6 is 15.9 Å². The van der Waals surface area contributed by atoms with Gasteiger partial charge in [0.1, 0.15) is 5.75 Å². The zero-order valence-electron chi connectivity index (χ0n) is 14.1. The average molecular weight is 382 g/mol. The highest BCUT2D eigenvalue weighted by Gasteiger charge is 2.44. The van der Waals surface area contributed by atoms with Crippen LogP contribution in [-0.2, 0) is 0 Å². The zero-order chi connectivity index (χ0) is 16.9. The normalized spacial score (nSPS) is 21.4. The predicted molar refractivity (Wildman–Crippen MR) is 104 cm³/mol. The van der Waals surface area contributed by atoms with E-state index in [-0.39, 0.29) is 0 Å². The SMILES string of the molecule is CC(C)C1=Cc2cc(Br)ccc2OC12C=Cc1ccccc1N2C. The fourth-order valence-electron chi connectivity index (χ4n) is 3.62. The van der Waals surface area contributed by atoms with E-state index in [0.717, 1.165) is 15.8 Å². The van der Waals surface area contributed by atoms with Crippen molar-refractivity contribution in [2.75, 3.05) is 11.9 Å². The van der Waals surface area contributed by atoms with E-state index in [1.54, 1.807) is 0 Å². The second-order valence-electron chi connectivity index (χ2n) is 6.69. The van der Waals surface area contributed by atoms with Crippen LogP contribution in [0.3, 0.4) is 0 Å². The number of nitrogens with zero attached hydrogens (tertiary/aromatic N) is 1. The molecule has 2 heterocycles. The van der Waals surface area contributed by atoms with Gasteiger partial charge in [-0.2, -0.15) is 0 Å². The lowest BCUT2D eigenvalue weighted by Crippen LogP contribution is -2.55. The first-order valence-corrected chi connectivity index (χ1v) is 9.03. The van der Waals surface area contributed by atoms with Gasteiger partial charge in [0.25, 0.3) is 0 Å². The van der Waals surface area contributed by atoms with Gasteiger partial charge < -0.3 is 9.64 Å². The number of benzene rings is 2. The number of hydrogen-bond donors (Lipinski definition) is 0. The minimum atomic E-state index is -0.566. The van der Waals surface area contributed by atoms with Crippen molar-refractivity contribution in [2.24, 2.45) is 5.92 Å². The van der Waals surface area contributed by atoms with Crippen LogP contribution in [0.4, 0.5) is 5.69 Å². The van der Waals surface area contributed by atoms with Crippen LogP contribution < -0.4 is 9.64 Å². The summed E-state index contributed by atoms with van der Waals surface area (Å²) < 4.78 is 7.68. The standard InChI is InChI=1S/C21H20BrNO/c1-14(2)18-13-16-12-17(22)8-9-20(16)24-21(18)11-10-15-6-4-5-7-19(15)23(21)3/h4-14H,1-3H3. The fraction of sp³-hybridized carbons (Fsp3) is 0.238. The fourth-order valence-corrected chi connectivity index (χ4v) is 4.00. The molecule has 0 amide bonds. The Kier molecular flexibility index (Phi) is 3.57. The molecule has 1 unspecified atom stereocenters. The van der Waals surface area contributed by atoms with Crippen LogP contribution in [0.25, 0.3) is 12.2 Å². The van der Waals surface area contributed by atoms with Gasteiger partial charge in [0.15, 0.2) is 0 Å². The summed E-state index contributed by atoms with van der Waals surface area (Å²) in [4.78, 5) is 2.25. The van der Waals surface area contributed by atoms with Crippen LogP contribution in [0.2, 0.25) is 0 Å². The van der Waals surface area contributed by atoms with Gasteiger partial charge in [0.2, 0.25) is 5.72 Å². The molecule has 4 rings (SSSR count). The number of ether oxygens (including phenoxy) is 1. The van der Waals surface area contributed by atoms with E-state index in [4.69, 9.17) is 4.74 Å². The smallest absolute Gasteiger partial charge is 0.225 e. The highest BCUT2D eigenvalue weighted by Crippen LogP contribution is 2.46. The molecule has 1 atom stereocenters. The second-order valence-corrected chi connectivity index (χ2v) is 7.60. The predicted octanol–water partition coefficient (Wildman–Crippen LogP) is 5.74. The molecule has 122 valence electrons. The van der Waals surface area contributed by atoms with Gasteiger partial charge in [-0.05, 0) is 47.9 Å². The van der Waals surface area contributed by atoms with Gasteiger partial charge in [0.05, 0.1) is 0 Å². The summed E-state index contributed by atoms with van der Waals surface area (Å²) in [6, 6.07) is 14.6. The van der Waals surface area contributed by atoms with Crippen LogP contribution in [0.15, 0.2) is 58.6 Å². The molecule has 2 aliphatic rings. The van der Waals surface area contributed by atoms with Gasteiger partial charge in [-0.15, -0.1) is 0 Å². The maximum Gasteiger partial charge on any atom is 0.225 e. The van der Waals surface area contributed by atoms with Crippen molar-refractivity contribution in [3.05, 3.63) is 69.7 Å². The van der Waals surface area contributed by atoms with E-state index >= 15 is 0 Å². The second kappa shape index (κ2) is 5.52. The first-order valence-electron chi connectivity index (χ1n) is 8.24. The third kappa shape index (κ3) is 2.22. The topological polar surface area (TPSA) is 12.5 Å². The Hall–Kier alpha value is -2.00. The lowest BCUT2D eigenvalue weighted by atomic mass is 9.84. The van der Waals surface area contributed by atoms with Crippen molar-refractivity contribution in [3.63, 3.8) is 0 Å². The van der Waals surface area contributed by atoms with Gasteiger partial charge in [-0.3, -0.25) is 0 Å². The van der Waals surface area contributed by atoms with Crippen molar-refractivity contribution in [1.82, 2.24) is 0 Å². The molecule has 2 aliphatic heterocycles. The third-order valence-corrected chi connectivity index (χ3v) is 5.36. The quantitative estimate of drug-likeness (QED) is 0.624. The summed E-state index contributed by atoms with van der Waals surface area (Å²) in [5.74, 6) is 1.29. The lowest BCUT2D eigenvalue weighted by molar-refractivity contribution is 0.144. The van der Waals surface area contributed by atoms with E-state index in [1.165, 1.54) is 16.8 Å². The first kappa shape index (κ1) is 15.5. The van der Waals surface area contributed by atoms with Crippen molar-refractivity contribution in [1.29, 1.82) is 0 Å². The number of anilines is 1. The van der Waals surface area contributed by atoms with Crippen LogP contribution in [0.1, 0.15) is 25.0 Å². The number of rotatable bonds is 1. The van der Waals surface area contributed by atoms with Crippen LogP contribution in [-0.4, -0.2) is 12.8 Å². The van der Waals surface area contributed by atoms with Crippen molar-refractivity contribution in [2.45, 2.75) is 19.6 Å². The molecular weight excluding hydrogens is 362 g/mol. The van der Waals surface area contributed by atoms with E-state index in [9.17, 15) is 0 Å². The molecule has 0 bridgehead atoms. The molecule has 0 saturated carbocycles. The molecule has 24 heavy (non-hydrogen) atoms. The van der Waals surface area contributed by atoms with Gasteiger partial charge in [-0.25, -0.2) is 0 Å². The summed E-state index contributed by atoms with van der Waals surface area (Å²) >= 11 is 3.56. The Morgan fingerprint density at radius 3 is 2.67 bits per heavy atom. The Morgan fingerprint density at radius 1 is 1.08 bits per heavy atom. The van der Waals surface area contributed by atoms with Crippen LogP contribution in [0.5, 0.6) is 5.75 Å². The number of hydrogen-bond acceptors (Lipinski definition) is 2. The van der Waals surface area contributed by atoms with Crippen LogP contribution in [0, 0.1) is 5.92 Å². The van der Waals surface area contributed by atoms with E-state index in [0.29, 0.717) is 5.92 Å². The zero-order valence-corrected chi connectivity index (χ0v) is 15.7. The number of fused-ring (bicyclic) bond motifs is 2. The molecule has 0 saturated heterocycles. The van der Waals surface area contributed by atoms with Gasteiger partial charge >= 0.3 is 0 Å². The van der Waals surface area contributed by atoms with E-state index < -0.39 is 5.72 Å². The molecule has 0 aromatic heterocycles. The Morgan fingerprint density at radius 2 is 1.88 bits per heavy atom. The van der Waals surface area contributed by atoms with Crippen molar-refractivity contribution < 1.29 is 4.74 Å².